The van der Waals surface area contributed by atoms with Crippen LogP contribution in [-0.4, -0.2) is 0 Å². The van der Waals surface area contributed by atoms with E-state index in [9.17, 15) is 0 Å². The molecule has 5 aromatic rings. The molecule has 152 valence electrons. The number of anilines is 3. The number of fused-ring (bicyclic) bond motifs is 2. The second kappa shape index (κ2) is 8.65. The molecule has 0 N–H and O–H groups in total. The fourth-order valence-electron chi connectivity index (χ4n) is 4.41. The van der Waals surface area contributed by atoms with Crippen LogP contribution >= 0.6 is 0 Å². The fraction of sp³-hybridized carbons (Fsp3) is 0.133. The van der Waals surface area contributed by atoms with Crippen LogP contribution < -0.4 is 4.90 Å². The second-order valence-corrected chi connectivity index (χ2v) is 8.10. The molecule has 0 unspecified atom stereocenters. The summed E-state index contributed by atoms with van der Waals surface area (Å²) in [6.45, 7) is 2.25. The summed E-state index contributed by atoms with van der Waals surface area (Å²) in [5, 5.41) is 5.02. The Labute approximate surface area is 184 Å². The first-order chi connectivity index (χ1) is 15.3. The third-order valence-corrected chi connectivity index (χ3v) is 6.03. The van der Waals surface area contributed by atoms with Crippen molar-refractivity contribution in [1.29, 1.82) is 0 Å². The van der Waals surface area contributed by atoms with Gasteiger partial charge in [-0.1, -0.05) is 98.3 Å². The number of hydrogen-bond donors (Lipinski definition) is 0. The normalized spacial score (nSPS) is 11.1. The molecule has 0 aromatic heterocycles. The summed E-state index contributed by atoms with van der Waals surface area (Å²) in [5.74, 6) is 0. The van der Waals surface area contributed by atoms with Gasteiger partial charge in [0.25, 0.3) is 0 Å². The zero-order valence-corrected chi connectivity index (χ0v) is 18.0. The standard InChI is InChI=1S/C30H27N/c1-2-3-10-23-19-21-26(22-20-23)31(29-17-8-13-24-11-4-6-15-27(24)29)30-18-9-14-25-12-5-7-16-28(25)30/h4-9,11-22H,2-3,10H2,1H3. The van der Waals surface area contributed by atoms with E-state index >= 15 is 0 Å². The highest BCUT2D eigenvalue weighted by molar-refractivity contribution is 6.04. The van der Waals surface area contributed by atoms with E-state index in [4.69, 9.17) is 0 Å². The van der Waals surface area contributed by atoms with Gasteiger partial charge in [0.15, 0.2) is 0 Å². The zero-order chi connectivity index (χ0) is 21.0. The van der Waals surface area contributed by atoms with Crippen molar-refractivity contribution in [1.82, 2.24) is 0 Å². The van der Waals surface area contributed by atoms with Gasteiger partial charge in [0.05, 0.1) is 11.4 Å². The van der Waals surface area contributed by atoms with Crippen LogP contribution in [0.1, 0.15) is 25.3 Å². The number of hydrogen-bond acceptors (Lipinski definition) is 1. The quantitative estimate of drug-likeness (QED) is 0.275. The number of rotatable bonds is 6. The molecule has 0 heterocycles. The maximum atomic E-state index is 2.41. The van der Waals surface area contributed by atoms with Gasteiger partial charge in [0.1, 0.15) is 0 Å². The highest BCUT2D eigenvalue weighted by Crippen LogP contribution is 2.41. The Morgan fingerprint density at radius 2 is 1.06 bits per heavy atom. The largest absolute Gasteiger partial charge is 0.309 e. The molecule has 0 aliphatic rings. The summed E-state index contributed by atoms with van der Waals surface area (Å²) in [6.07, 6.45) is 3.59. The molecule has 0 amide bonds. The Kier molecular flexibility index (Phi) is 5.41. The molecular formula is C30H27N. The molecule has 0 radical (unpaired) electrons. The smallest absolute Gasteiger partial charge is 0.0540 e. The Bertz CT molecular complexity index is 1230. The molecule has 0 atom stereocenters. The van der Waals surface area contributed by atoms with Crippen molar-refractivity contribution in [2.45, 2.75) is 26.2 Å². The Morgan fingerprint density at radius 1 is 0.548 bits per heavy atom. The molecule has 0 spiro atoms. The van der Waals surface area contributed by atoms with Crippen molar-refractivity contribution in [2.24, 2.45) is 0 Å². The average Bonchev–Trinajstić information content (AvgIpc) is 2.84. The minimum Gasteiger partial charge on any atom is -0.309 e. The highest BCUT2D eigenvalue weighted by Gasteiger charge is 2.17. The molecule has 5 rings (SSSR count). The van der Waals surface area contributed by atoms with E-state index < -0.39 is 0 Å². The van der Waals surface area contributed by atoms with Gasteiger partial charge in [0, 0.05) is 16.5 Å². The molecule has 0 saturated carbocycles. The minimum absolute atomic E-state index is 1.14. The van der Waals surface area contributed by atoms with Crippen molar-refractivity contribution in [2.75, 3.05) is 4.90 Å². The summed E-state index contributed by atoms with van der Waals surface area (Å²) >= 11 is 0. The maximum absolute atomic E-state index is 2.41. The van der Waals surface area contributed by atoms with Gasteiger partial charge >= 0.3 is 0 Å². The first-order valence-corrected chi connectivity index (χ1v) is 11.2. The lowest BCUT2D eigenvalue weighted by atomic mass is 10.0. The highest BCUT2D eigenvalue weighted by atomic mass is 15.1. The molecule has 0 aliphatic carbocycles. The lowest BCUT2D eigenvalue weighted by Crippen LogP contribution is -2.11. The number of aryl methyl sites for hydroxylation is 1. The van der Waals surface area contributed by atoms with Crippen LogP contribution in [0.4, 0.5) is 17.1 Å². The lowest BCUT2D eigenvalue weighted by Gasteiger charge is -2.28. The van der Waals surface area contributed by atoms with Crippen LogP contribution in [0.5, 0.6) is 0 Å². The average molecular weight is 402 g/mol. The van der Waals surface area contributed by atoms with Crippen molar-refractivity contribution in [3.8, 4) is 0 Å². The molecule has 5 aromatic carbocycles. The van der Waals surface area contributed by atoms with Crippen molar-refractivity contribution in [3.63, 3.8) is 0 Å². The van der Waals surface area contributed by atoms with Crippen LogP contribution in [-0.2, 0) is 6.42 Å². The zero-order valence-electron chi connectivity index (χ0n) is 18.0. The molecule has 1 nitrogen and oxygen atoms in total. The van der Waals surface area contributed by atoms with Crippen LogP contribution in [0, 0.1) is 0 Å². The van der Waals surface area contributed by atoms with Crippen LogP contribution in [0.25, 0.3) is 21.5 Å². The SMILES string of the molecule is CCCCc1ccc(N(c2cccc3ccccc23)c2cccc3ccccc23)cc1. The molecular weight excluding hydrogens is 374 g/mol. The van der Waals surface area contributed by atoms with Gasteiger partial charge in [-0.2, -0.15) is 0 Å². The third kappa shape index (κ3) is 3.80. The van der Waals surface area contributed by atoms with Gasteiger partial charge in [-0.3, -0.25) is 0 Å². The van der Waals surface area contributed by atoms with Crippen LogP contribution in [0.3, 0.4) is 0 Å². The van der Waals surface area contributed by atoms with Crippen molar-refractivity contribution < 1.29 is 0 Å². The molecule has 31 heavy (non-hydrogen) atoms. The molecule has 0 bridgehead atoms. The predicted molar refractivity (Wildman–Crippen MR) is 135 cm³/mol. The van der Waals surface area contributed by atoms with E-state index in [1.807, 2.05) is 0 Å². The molecule has 0 aliphatic heterocycles. The maximum Gasteiger partial charge on any atom is 0.0540 e. The summed E-state index contributed by atoms with van der Waals surface area (Å²) in [7, 11) is 0. The summed E-state index contributed by atoms with van der Waals surface area (Å²) in [5.41, 5.74) is 5.00. The van der Waals surface area contributed by atoms with Crippen LogP contribution in [0.15, 0.2) is 109 Å². The summed E-state index contributed by atoms with van der Waals surface area (Å²) in [4.78, 5) is 2.41. The van der Waals surface area contributed by atoms with E-state index in [2.05, 4.69) is 121 Å². The minimum atomic E-state index is 1.14. The Morgan fingerprint density at radius 3 is 1.61 bits per heavy atom. The van der Waals surface area contributed by atoms with E-state index in [1.54, 1.807) is 0 Å². The topological polar surface area (TPSA) is 3.24 Å². The van der Waals surface area contributed by atoms with E-state index in [-0.39, 0.29) is 0 Å². The molecule has 1 heteroatoms. The summed E-state index contributed by atoms with van der Waals surface area (Å²) < 4.78 is 0. The molecule has 0 saturated heterocycles. The van der Waals surface area contributed by atoms with Gasteiger partial charge in [-0.05, 0) is 53.4 Å². The number of nitrogens with zero attached hydrogens (tertiary/aromatic N) is 1. The first-order valence-electron chi connectivity index (χ1n) is 11.2. The van der Waals surface area contributed by atoms with Crippen molar-refractivity contribution >= 4 is 38.6 Å². The predicted octanol–water partition coefficient (Wildman–Crippen LogP) is 8.81. The monoisotopic (exact) mass is 401 g/mol. The van der Waals surface area contributed by atoms with Gasteiger partial charge in [0.2, 0.25) is 0 Å². The molecule has 0 fully saturated rings. The number of benzene rings is 5. The van der Waals surface area contributed by atoms with E-state index in [0.717, 1.165) is 6.42 Å². The Hall–Kier alpha value is -3.58. The van der Waals surface area contributed by atoms with E-state index in [1.165, 1.54) is 57.0 Å². The first kappa shape index (κ1) is 19.4. The van der Waals surface area contributed by atoms with Crippen molar-refractivity contribution in [3.05, 3.63) is 115 Å². The Balaban J connectivity index is 1.73. The van der Waals surface area contributed by atoms with Gasteiger partial charge < -0.3 is 4.90 Å². The van der Waals surface area contributed by atoms with Gasteiger partial charge in [-0.15, -0.1) is 0 Å². The number of unbranched alkanes of at least 4 members (excludes halogenated alkanes) is 1. The third-order valence-electron chi connectivity index (χ3n) is 6.03. The summed E-state index contributed by atoms with van der Waals surface area (Å²) in [6, 6.07) is 39.6. The fourth-order valence-corrected chi connectivity index (χ4v) is 4.41. The van der Waals surface area contributed by atoms with E-state index in [0.29, 0.717) is 0 Å². The van der Waals surface area contributed by atoms with Gasteiger partial charge in [-0.25, -0.2) is 0 Å². The lowest BCUT2D eigenvalue weighted by molar-refractivity contribution is 0.795. The van der Waals surface area contributed by atoms with Crippen LogP contribution in [0.2, 0.25) is 0 Å². The second-order valence-electron chi connectivity index (χ2n) is 8.10.